The molecule has 4 nitrogen and oxygen atoms in total. The molecule has 4 heteroatoms. The Kier molecular flexibility index (Phi) is 2.01. The molecule has 1 saturated heterocycles. The van der Waals surface area contributed by atoms with E-state index in [0.717, 1.165) is 5.56 Å². The van der Waals surface area contributed by atoms with Gasteiger partial charge in [-0.3, -0.25) is 19.5 Å². The molecule has 1 aromatic rings. The first-order valence-electron chi connectivity index (χ1n) is 7.65. The minimum absolute atomic E-state index is 0.0389. The summed E-state index contributed by atoms with van der Waals surface area (Å²) in [7, 11) is 0. The molecule has 0 radical (unpaired) electrons. The second kappa shape index (κ2) is 3.62. The number of carbonyl (C=O) groups is 2. The number of amides is 2. The van der Waals surface area contributed by atoms with Crippen LogP contribution in [0.4, 0.5) is 0 Å². The van der Waals surface area contributed by atoms with Crippen molar-refractivity contribution >= 4 is 11.8 Å². The van der Waals surface area contributed by atoms with E-state index >= 15 is 0 Å². The maximum absolute atomic E-state index is 12.8. The number of likely N-dealkylation sites (tertiary alicyclic amines) is 1. The van der Waals surface area contributed by atoms with Crippen LogP contribution in [0.2, 0.25) is 0 Å². The monoisotopic (exact) mass is 280 g/mol. The zero-order valence-electron chi connectivity index (χ0n) is 11.6. The minimum atomic E-state index is -0.0910. The van der Waals surface area contributed by atoms with Crippen molar-refractivity contribution in [3.05, 3.63) is 42.2 Å². The summed E-state index contributed by atoms with van der Waals surface area (Å²) in [6, 6.07) is 3.75. The number of nitrogens with zero attached hydrogens (tertiary/aromatic N) is 2. The van der Waals surface area contributed by atoms with Gasteiger partial charge in [-0.15, -0.1) is 0 Å². The molecule has 0 N–H and O–H groups in total. The maximum Gasteiger partial charge on any atom is 0.234 e. The molecule has 1 aromatic heterocycles. The average Bonchev–Trinajstić information content (AvgIpc) is 3.11. The van der Waals surface area contributed by atoms with Gasteiger partial charge in [0.05, 0.1) is 18.4 Å². The number of hydrogen-bond donors (Lipinski definition) is 0. The van der Waals surface area contributed by atoms with Gasteiger partial charge in [0.25, 0.3) is 0 Å². The molecule has 2 amide bonds. The fourth-order valence-corrected chi connectivity index (χ4v) is 4.97. The molecule has 2 heterocycles. The van der Waals surface area contributed by atoms with Gasteiger partial charge in [-0.1, -0.05) is 18.2 Å². The van der Waals surface area contributed by atoms with Crippen LogP contribution in [0.1, 0.15) is 18.4 Å². The van der Waals surface area contributed by atoms with Gasteiger partial charge in [-0.2, -0.15) is 0 Å². The number of aromatic nitrogens is 1. The Morgan fingerprint density at radius 1 is 1.14 bits per heavy atom. The molecule has 2 saturated carbocycles. The Balaban J connectivity index is 1.48. The first-order chi connectivity index (χ1) is 10.2. The lowest BCUT2D eigenvalue weighted by molar-refractivity contribution is -0.141. The molecule has 5 rings (SSSR count). The number of allylic oxidation sites excluding steroid dienone is 2. The van der Waals surface area contributed by atoms with Crippen LogP contribution in [0, 0.1) is 29.1 Å². The van der Waals surface area contributed by atoms with Crippen molar-refractivity contribution in [3.8, 4) is 0 Å². The van der Waals surface area contributed by atoms with E-state index in [1.807, 2.05) is 12.1 Å². The standard InChI is InChI=1S/C17H16N2O2/c20-15-13-11-3-4-12(17(11)5-6-17)14(13)16(21)19(15)9-10-2-1-7-18-8-10/h1-4,7-8,11-14H,5-6,9H2/t11-,12-,13-,14-/m0/s1. The van der Waals surface area contributed by atoms with Gasteiger partial charge in [0.2, 0.25) is 11.8 Å². The van der Waals surface area contributed by atoms with Crippen LogP contribution in [-0.2, 0) is 16.1 Å². The van der Waals surface area contributed by atoms with Crippen molar-refractivity contribution in [2.24, 2.45) is 29.1 Å². The second-order valence-electron chi connectivity index (χ2n) is 6.85. The number of pyridine rings is 1. The summed E-state index contributed by atoms with van der Waals surface area (Å²) in [6.07, 6.45) is 10.2. The van der Waals surface area contributed by atoms with Gasteiger partial charge in [0.1, 0.15) is 0 Å². The van der Waals surface area contributed by atoms with E-state index < -0.39 is 0 Å². The molecule has 3 aliphatic carbocycles. The van der Waals surface area contributed by atoms with Crippen molar-refractivity contribution in [2.75, 3.05) is 0 Å². The Hall–Kier alpha value is -1.97. The quantitative estimate of drug-likeness (QED) is 0.613. The Bertz CT molecular complexity index is 643. The molecule has 4 aliphatic rings. The summed E-state index contributed by atoms with van der Waals surface area (Å²) in [6.45, 7) is 0.366. The highest BCUT2D eigenvalue weighted by atomic mass is 16.2. The zero-order valence-corrected chi connectivity index (χ0v) is 11.6. The molecule has 0 aromatic carbocycles. The van der Waals surface area contributed by atoms with Gasteiger partial charge in [-0.05, 0) is 41.7 Å². The second-order valence-corrected chi connectivity index (χ2v) is 6.85. The molecule has 4 atom stereocenters. The molecule has 1 aliphatic heterocycles. The van der Waals surface area contributed by atoms with E-state index in [1.165, 1.54) is 17.7 Å². The zero-order chi connectivity index (χ0) is 14.2. The largest absolute Gasteiger partial charge is 0.278 e. The highest BCUT2D eigenvalue weighted by Crippen LogP contribution is 2.73. The Labute approximate surface area is 122 Å². The van der Waals surface area contributed by atoms with Crippen LogP contribution >= 0.6 is 0 Å². The van der Waals surface area contributed by atoms with E-state index in [2.05, 4.69) is 17.1 Å². The number of carbonyl (C=O) groups excluding carboxylic acids is 2. The molecule has 3 fully saturated rings. The van der Waals surface area contributed by atoms with Crippen LogP contribution in [0.15, 0.2) is 36.7 Å². The third-order valence-electron chi connectivity index (χ3n) is 6.01. The first-order valence-corrected chi connectivity index (χ1v) is 7.65. The number of hydrogen-bond acceptors (Lipinski definition) is 3. The molecule has 21 heavy (non-hydrogen) atoms. The summed E-state index contributed by atoms with van der Waals surface area (Å²) in [4.78, 5) is 31.0. The van der Waals surface area contributed by atoms with Crippen molar-refractivity contribution in [1.29, 1.82) is 0 Å². The average molecular weight is 280 g/mol. The highest BCUT2D eigenvalue weighted by molar-refractivity contribution is 6.06. The third kappa shape index (κ3) is 1.29. The van der Waals surface area contributed by atoms with E-state index in [9.17, 15) is 9.59 Å². The van der Waals surface area contributed by atoms with E-state index in [1.54, 1.807) is 12.4 Å². The fourth-order valence-electron chi connectivity index (χ4n) is 4.97. The van der Waals surface area contributed by atoms with E-state index in [4.69, 9.17) is 0 Å². The SMILES string of the molecule is O=C1[C@@H]2[C@@H](C(=O)N1Cc1cccnc1)[C@@H]1C=C[C@@H]2C12CC2. The molecular weight excluding hydrogens is 264 g/mol. The van der Waals surface area contributed by atoms with Crippen LogP contribution < -0.4 is 0 Å². The molecular formula is C17H16N2O2. The number of fused-ring (bicyclic) bond motifs is 3. The van der Waals surface area contributed by atoms with Gasteiger partial charge >= 0.3 is 0 Å². The fraction of sp³-hybridized carbons (Fsp3) is 0.471. The van der Waals surface area contributed by atoms with E-state index in [0.29, 0.717) is 18.4 Å². The smallest absolute Gasteiger partial charge is 0.234 e. The Morgan fingerprint density at radius 2 is 1.81 bits per heavy atom. The summed E-state index contributed by atoms with van der Waals surface area (Å²) in [5.41, 5.74) is 1.20. The molecule has 2 bridgehead atoms. The Morgan fingerprint density at radius 3 is 2.33 bits per heavy atom. The van der Waals surface area contributed by atoms with Gasteiger partial charge in [0, 0.05) is 12.4 Å². The summed E-state index contributed by atoms with van der Waals surface area (Å²) >= 11 is 0. The first kappa shape index (κ1) is 11.7. The summed E-state index contributed by atoms with van der Waals surface area (Å²) < 4.78 is 0. The lowest BCUT2D eigenvalue weighted by Crippen LogP contribution is -2.34. The maximum atomic E-state index is 12.8. The van der Waals surface area contributed by atoms with Crippen LogP contribution in [0.3, 0.4) is 0 Å². The van der Waals surface area contributed by atoms with Crippen molar-refractivity contribution < 1.29 is 9.59 Å². The van der Waals surface area contributed by atoms with Gasteiger partial charge in [-0.25, -0.2) is 0 Å². The minimum Gasteiger partial charge on any atom is -0.278 e. The number of imide groups is 1. The molecule has 0 unspecified atom stereocenters. The summed E-state index contributed by atoms with van der Waals surface area (Å²) in [5, 5.41) is 0. The highest BCUT2D eigenvalue weighted by Gasteiger charge is 2.73. The van der Waals surface area contributed by atoms with Crippen molar-refractivity contribution in [3.63, 3.8) is 0 Å². The van der Waals surface area contributed by atoms with Crippen LogP contribution in [0.25, 0.3) is 0 Å². The van der Waals surface area contributed by atoms with Gasteiger partial charge < -0.3 is 0 Å². The van der Waals surface area contributed by atoms with E-state index in [-0.39, 0.29) is 29.1 Å². The van der Waals surface area contributed by atoms with Crippen molar-refractivity contribution in [1.82, 2.24) is 9.88 Å². The lowest BCUT2D eigenvalue weighted by Gasteiger charge is -2.21. The van der Waals surface area contributed by atoms with Crippen LogP contribution in [-0.4, -0.2) is 21.7 Å². The molecule has 1 spiro atoms. The topological polar surface area (TPSA) is 50.3 Å². The third-order valence-corrected chi connectivity index (χ3v) is 6.01. The summed E-state index contributed by atoms with van der Waals surface area (Å²) in [5.74, 6) is 0.512. The van der Waals surface area contributed by atoms with Crippen LogP contribution in [0.5, 0.6) is 0 Å². The number of rotatable bonds is 2. The van der Waals surface area contributed by atoms with Crippen molar-refractivity contribution in [2.45, 2.75) is 19.4 Å². The predicted octanol–water partition coefficient (Wildman–Crippen LogP) is 1.78. The lowest BCUT2D eigenvalue weighted by atomic mass is 9.85. The molecule has 106 valence electrons. The predicted molar refractivity (Wildman–Crippen MR) is 74.6 cm³/mol. The normalized spacial score (nSPS) is 37.6. The van der Waals surface area contributed by atoms with Gasteiger partial charge in [0.15, 0.2) is 0 Å².